The summed E-state index contributed by atoms with van der Waals surface area (Å²) in [6.07, 6.45) is 1.06. The van der Waals surface area contributed by atoms with Gasteiger partial charge in [0.1, 0.15) is 12.4 Å². The zero-order valence-electron chi connectivity index (χ0n) is 12.7. The molecule has 21 heavy (non-hydrogen) atoms. The first-order valence-electron chi connectivity index (χ1n) is 7.05. The van der Waals surface area contributed by atoms with E-state index in [1.54, 1.807) is 7.05 Å². The molecule has 0 aromatic heterocycles. The van der Waals surface area contributed by atoms with Crippen LogP contribution in [0.25, 0.3) is 0 Å². The van der Waals surface area contributed by atoms with Gasteiger partial charge in [-0.2, -0.15) is 0 Å². The van der Waals surface area contributed by atoms with Gasteiger partial charge in [0, 0.05) is 19.7 Å². The molecule has 4 nitrogen and oxygen atoms in total. The second-order valence-electron chi connectivity index (χ2n) is 5.03. The molecule has 0 amide bonds. The number of nitrogens with one attached hydrogen (secondary N) is 2. The Morgan fingerprint density at radius 3 is 2.52 bits per heavy atom. The van der Waals surface area contributed by atoms with Crippen LogP contribution in [0.2, 0.25) is 0 Å². The molecule has 0 fully saturated rings. The molecule has 0 unspecified atom stereocenters. The fraction of sp³-hybridized carbons (Fsp3) is 0.533. The molecule has 0 bridgehead atoms. The molecule has 0 atom stereocenters. The van der Waals surface area contributed by atoms with Crippen molar-refractivity contribution < 1.29 is 13.5 Å². The highest BCUT2D eigenvalue weighted by Gasteiger charge is 2.03. The molecule has 2 N–H and O–H groups in total. The van der Waals surface area contributed by atoms with Gasteiger partial charge in [0.05, 0.1) is 6.54 Å². The van der Waals surface area contributed by atoms with Crippen LogP contribution in [-0.2, 0) is 0 Å². The minimum Gasteiger partial charge on any atom is -0.492 e. The number of ether oxygens (including phenoxy) is 1. The lowest BCUT2D eigenvalue weighted by Gasteiger charge is -2.13. The molecule has 0 radical (unpaired) electrons. The maximum absolute atomic E-state index is 13.0. The zero-order valence-corrected chi connectivity index (χ0v) is 12.7. The van der Waals surface area contributed by atoms with E-state index in [9.17, 15) is 8.78 Å². The summed E-state index contributed by atoms with van der Waals surface area (Å²) in [6.45, 7) is 6.01. The van der Waals surface area contributed by atoms with Crippen molar-refractivity contribution in [3.8, 4) is 5.75 Å². The topological polar surface area (TPSA) is 45.7 Å². The Morgan fingerprint density at radius 1 is 1.19 bits per heavy atom. The van der Waals surface area contributed by atoms with Crippen molar-refractivity contribution in [2.75, 3.05) is 26.7 Å². The molecule has 0 spiro atoms. The van der Waals surface area contributed by atoms with Gasteiger partial charge in [0.2, 0.25) is 0 Å². The molecule has 1 rings (SSSR count). The van der Waals surface area contributed by atoms with Gasteiger partial charge in [-0.15, -0.1) is 0 Å². The van der Waals surface area contributed by atoms with Gasteiger partial charge in [-0.1, -0.05) is 13.8 Å². The van der Waals surface area contributed by atoms with Crippen LogP contribution in [-0.4, -0.2) is 32.7 Å². The average Bonchev–Trinajstić information content (AvgIpc) is 2.44. The number of hydrogen-bond acceptors (Lipinski definition) is 2. The smallest absolute Gasteiger partial charge is 0.191 e. The number of aliphatic imine (C=N–C) groups is 1. The van der Waals surface area contributed by atoms with Crippen molar-refractivity contribution in [3.05, 3.63) is 29.8 Å². The first-order valence-corrected chi connectivity index (χ1v) is 7.05. The summed E-state index contributed by atoms with van der Waals surface area (Å²) < 4.78 is 31.1. The Balaban J connectivity index is 2.24. The van der Waals surface area contributed by atoms with Crippen molar-refractivity contribution in [3.63, 3.8) is 0 Å². The molecule has 0 aliphatic heterocycles. The first-order chi connectivity index (χ1) is 10.0. The summed E-state index contributed by atoms with van der Waals surface area (Å²) in [5.41, 5.74) is 0. The number of benzene rings is 1. The largest absolute Gasteiger partial charge is 0.492 e. The van der Waals surface area contributed by atoms with E-state index in [0.29, 0.717) is 30.8 Å². The Morgan fingerprint density at radius 2 is 1.90 bits per heavy atom. The summed E-state index contributed by atoms with van der Waals surface area (Å²) in [4.78, 5) is 4.08. The molecule has 0 saturated heterocycles. The SMILES string of the molecule is CN=C(NCCOc1ccc(F)c(F)c1)NCCC(C)C. The molecule has 0 heterocycles. The minimum absolute atomic E-state index is 0.304. The Bertz CT molecular complexity index is 464. The van der Waals surface area contributed by atoms with E-state index in [4.69, 9.17) is 4.74 Å². The van der Waals surface area contributed by atoms with Crippen LogP contribution in [0.1, 0.15) is 20.3 Å². The Hall–Kier alpha value is -1.85. The standard InChI is InChI=1S/C15H23F2N3O/c1-11(2)6-7-19-15(18-3)20-8-9-21-12-4-5-13(16)14(17)10-12/h4-5,10-11H,6-9H2,1-3H3,(H2,18,19,20). The number of rotatable bonds is 7. The van der Waals surface area contributed by atoms with Gasteiger partial charge >= 0.3 is 0 Å². The molecular weight excluding hydrogens is 276 g/mol. The summed E-state index contributed by atoms with van der Waals surface area (Å²) in [5.74, 6) is -0.155. The van der Waals surface area contributed by atoms with Crippen LogP contribution in [0.15, 0.2) is 23.2 Å². The molecule has 0 saturated carbocycles. The Kier molecular flexibility index (Phi) is 7.50. The number of halogens is 2. The fourth-order valence-corrected chi connectivity index (χ4v) is 1.60. The molecule has 1 aromatic rings. The molecule has 0 aliphatic carbocycles. The number of nitrogens with zero attached hydrogens (tertiary/aromatic N) is 1. The van der Waals surface area contributed by atoms with Crippen molar-refractivity contribution in [1.82, 2.24) is 10.6 Å². The van der Waals surface area contributed by atoms with E-state index in [1.165, 1.54) is 6.07 Å². The minimum atomic E-state index is -0.911. The highest BCUT2D eigenvalue weighted by molar-refractivity contribution is 5.79. The summed E-state index contributed by atoms with van der Waals surface area (Å²) in [6, 6.07) is 3.48. The first kappa shape index (κ1) is 17.2. The third-order valence-electron chi connectivity index (χ3n) is 2.79. The normalized spacial score (nSPS) is 11.6. The van der Waals surface area contributed by atoms with Gasteiger partial charge in [-0.25, -0.2) is 8.78 Å². The predicted molar refractivity (Wildman–Crippen MR) is 80.7 cm³/mol. The quantitative estimate of drug-likeness (QED) is 0.462. The highest BCUT2D eigenvalue weighted by Crippen LogP contribution is 2.14. The molecule has 1 aromatic carbocycles. The van der Waals surface area contributed by atoms with Gasteiger partial charge in [0.15, 0.2) is 17.6 Å². The van der Waals surface area contributed by atoms with Crippen LogP contribution in [0.4, 0.5) is 8.78 Å². The number of hydrogen-bond donors (Lipinski definition) is 2. The summed E-state index contributed by atoms with van der Waals surface area (Å²) >= 11 is 0. The lowest BCUT2D eigenvalue weighted by atomic mass is 10.1. The molecule has 0 aliphatic rings. The van der Waals surface area contributed by atoms with E-state index < -0.39 is 11.6 Å². The fourth-order valence-electron chi connectivity index (χ4n) is 1.60. The van der Waals surface area contributed by atoms with E-state index in [2.05, 4.69) is 29.5 Å². The average molecular weight is 299 g/mol. The molecule has 118 valence electrons. The Labute approximate surface area is 124 Å². The van der Waals surface area contributed by atoms with Crippen molar-refractivity contribution in [2.45, 2.75) is 20.3 Å². The van der Waals surface area contributed by atoms with E-state index in [0.717, 1.165) is 25.1 Å². The van der Waals surface area contributed by atoms with E-state index in [-0.39, 0.29) is 0 Å². The van der Waals surface area contributed by atoms with Gasteiger partial charge < -0.3 is 15.4 Å². The van der Waals surface area contributed by atoms with Crippen LogP contribution >= 0.6 is 0 Å². The van der Waals surface area contributed by atoms with Crippen LogP contribution < -0.4 is 15.4 Å². The number of guanidine groups is 1. The van der Waals surface area contributed by atoms with Crippen LogP contribution in [0.5, 0.6) is 5.75 Å². The van der Waals surface area contributed by atoms with Crippen LogP contribution in [0, 0.1) is 17.6 Å². The molecular formula is C15H23F2N3O. The van der Waals surface area contributed by atoms with Crippen molar-refractivity contribution >= 4 is 5.96 Å². The van der Waals surface area contributed by atoms with Crippen molar-refractivity contribution in [2.24, 2.45) is 10.9 Å². The second-order valence-corrected chi connectivity index (χ2v) is 5.03. The lowest BCUT2D eigenvalue weighted by molar-refractivity contribution is 0.318. The predicted octanol–water partition coefficient (Wildman–Crippen LogP) is 2.55. The van der Waals surface area contributed by atoms with Gasteiger partial charge in [0.25, 0.3) is 0 Å². The van der Waals surface area contributed by atoms with E-state index >= 15 is 0 Å². The highest BCUT2D eigenvalue weighted by atomic mass is 19.2. The maximum atomic E-state index is 13.0. The lowest BCUT2D eigenvalue weighted by Crippen LogP contribution is -2.39. The monoisotopic (exact) mass is 299 g/mol. The van der Waals surface area contributed by atoms with Gasteiger partial charge in [-0.05, 0) is 24.5 Å². The zero-order chi connectivity index (χ0) is 15.7. The third kappa shape index (κ3) is 6.92. The molecule has 6 heteroatoms. The van der Waals surface area contributed by atoms with Gasteiger partial charge in [-0.3, -0.25) is 4.99 Å². The van der Waals surface area contributed by atoms with E-state index in [1.807, 2.05) is 0 Å². The van der Waals surface area contributed by atoms with Crippen molar-refractivity contribution in [1.29, 1.82) is 0 Å². The second kappa shape index (κ2) is 9.15. The van der Waals surface area contributed by atoms with Crippen LogP contribution in [0.3, 0.4) is 0 Å². The summed E-state index contributed by atoms with van der Waals surface area (Å²) in [7, 11) is 1.70. The summed E-state index contributed by atoms with van der Waals surface area (Å²) in [5, 5.41) is 6.28. The third-order valence-corrected chi connectivity index (χ3v) is 2.79. The maximum Gasteiger partial charge on any atom is 0.191 e.